The molecule has 0 aliphatic carbocycles. The van der Waals surface area contributed by atoms with E-state index in [-0.39, 0.29) is 18.4 Å². The van der Waals surface area contributed by atoms with E-state index in [9.17, 15) is 9.59 Å². The van der Waals surface area contributed by atoms with Crippen molar-refractivity contribution in [1.29, 1.82) is 0 Å². The van der Waals surface area contributed by atoms with Crippen molar-refractivity contribution in [3.8, 4) is 0 Å². The maximum absolute atomic E-state index is 12.0. The highest BCUT2D eigenvalue weighted by Crippen LogP contribution is 2.24. The molecule has 8 nitrogen and oxygen atoms in total. The number of nitrogens with one attached hydrogen (secondary N) is 2. The first-order valence-corrected chi connectivity index (χ1v) is 6.75. The third kappa shape index (κ3) is 2.18. The summed E-state index contributed by atoms with van der Waals surface area (Å²) in [6.45, 7) is 1.99. The second-order valence-corrected chi connectivity index (χ2v) is 4.82. The zero-order valence-corrected chi connectivity index (χ0v) is 11.8. The van der Waals surface area contributed by atoms with Gasteiger partial charge in [0.15, 0.2) is 11.5 Å². The minimum absolute atomic E-state index is 0.0902. The van der Waals surface area contributed by atoms with E-state index in [1.807, 2.05) is 11.3 Å². The Hall–Kier alpha value is -2.64. The van der Waals surface area contributed by atoms with E-state index in [2.05, 4.69) is 20.6 Å². The number of amides is 2. The zero-order valence-electron chi connectivity index (χ0n) is 11.8. The van der Waals surface area contributed by atoms with Crippen LogP contribution in [0.2, 0.25) is 0 Å². The molecule has 2 aromatic heterocycles. The van der Waals surface area contributed by atoms with Crippen molar-refractivity contribution in [3.63, 3.8) is 0 Å². The molecule has 1 fully saturated rings. The minimum Gasteiger partial charge on any atom is -0.372 e. The number of fused-ring (bicyclic) bond motifs is 1. The summed E-state index contributed by atoms with van der Waals surface area (Å²) in [6.07, 6.45) is 5.84. The number of imidazole rings is 1. The lowest BCUT2D eigenvalue weighted by Crippen LogP contribution is -2.58. The summed E-state index contributed by atoms with van der Waals surface area (Å²) in [4.78, 5) is 34.2. The van der Waals surface area contributed by atoms with Gasteiger partial charge in [0, 0.05) is 19.4 Å². The van der Waals surface area contributed by atoms with Gasteiger partial charge in [0.2, 0.25) is 11.8 Å². The Labute approximate surface area is 121 Å². The summed E-state index contributed by atoms with van der Waals surface area (Å²) in [7, 11) is 1.76. The van der Waals surface area contributed by atoms with Crippen molar-refractivity contribution >= 4 is 29.1 Å². The van der Waals surface area contributed by atoms with E-state index in [0.717, 1.165) is 0 Å². The fourth-order valence-corrected chi connectivity index (χ4v) is 2.52. The Morgan fingerprint density at radius 3 is 3.00 bits per heavy atom. The molecule has 1 aliphatic rings. The Morgan fingerprint density at radius 2 is 2.29 bits per heavy atom. The summed E-state index contributed by atoms with van der Waals surface area (Å²) < 4.78 is 1.82. The Balaban J connectivity index is 2.14. The highest BCUT2D eigenvalue weighted by molar-refractivity contribution is 6.05. The summed E-state index contributed by atoms with van der Waals surface area (Å²) in [5, 5.41) is 5.33. The quantitative estimate of drug-likeness (QED) is 0.773. The van der Waals surface area contributed by atoms with E-state index in [0.29, 0.717) is 23.7 Å². The predicted octanol–water partition coefficient (Wildman–Crippen LogP) is 0.0124. The number of nitrogens with zero attached hydrogens (tertiary/aromatic N) is 4. The van der Waals surface area contributed by atoms with Gasteiger partial charge in [-0.15, -0.1) is 0 Å². The van der Waals surface area contributed by atoms with Crippen LogP contribution in [0, 0.1) is 0 Å². The molecule has 0 aromatic carbocycles. The van der Waals surface area contributed by atoms with Crippen molar-refractivity contribution < 1.29 is 9.59 Å². The number of aromatic nitrogens is 3. The predicted molar refractivity (Wildman–Crippen MR) is 77.1 cm³/mol. The van der Waals surface area contributed by atoms with Gasteiger partial charge >= 0.3 is 0 Å². The van der Waals surface area contributed by atoms with Crippen LogP contribution in [0.5, 0.6) is 0 Å². The van der Waals surface area contributed by atoms with E-state index < -0.39 is 6.04 Å². The Morgan fingerprint density at radius 1 is 1.48 bits per heavy atom. The fraction of sp³-hybridized carbons (Fsp3) is 0.385. The highest BCUT2D eigenvalue weighted by atomic mass is 16.2. The molecule has 0 spiro atoms. The molecule has 3 heterocycles. The van der Waals surface area contributed by atoms with Crippen LogP contribution in [0.3, 0.4) is 0 Å². The van der Waals surface area contributed by atoms with Crippen molar-refractivity contribution in [1.82, 2.24) is 19.7 Å². The van der Waals surface area contributed by atoms with Crippen LogP contribution in [-0.4, -0.2) is 45.8 Å². The molecule has 1 unspecified atom stereocenters. The van der Waals surface area contributed by atoms with Gasteiger partial charge in [-0.1, -0.05) is 6.92 Å². The first-order chi connectivity index (χ1) is 10.1. The van der Waals surface area contributed by atoms with E-state index in [1.54, 1.807) is 30.5 Å². The molecule has 2 aromatic rings. The lowest BCUT2D eigenvalue weighted by molar-refractivity contribution is -0.132. The monoisotopic (exact) mass is 288 g/mol. The molecule has 8 heteroatoms. The van der Waals surface area contributed by atoms with Crippen molar-refractivity contribution in [2.45, 2.75) is 19.4 Å². The summed E-state index contributed by atoms with van der Waals surface area (Å²) in [5.74, 6) is 0.548. The number of imide groups is 1. The lowest BCUT2D eigenvalue weighted by Gasteiger charge is -2.34. The minimum atomic E-state index is -0.428. The third-order valence-electron chi connectivity index (χ3n) is 3.53. The lowest BCUT2D eigenvalue weighted by atomic mass is 10.1. The van der Waals surface area contributed by atoms with E-state index >= 15 is 0 Å². The number of hydrogen-bond donors (Lipinski definition) is 2. The van der Waals surface area contributed by atoms with Gasteiger partial charge in [-0.25, -0.2) is 9.97 Å². The van der Waals surface area contributed by atoms with Crippen LogP contribution >= 0.6 is 0 Å². The highest BCUT2D eigenvalue weighted by Gasteiger charge is 2.34. The number of carbonyl (C=O) groups is 2. The molecule has 0 saturated carbocycles. The number of piperazine rings is 1. The molecule has 0 radical (unpaired) electrons. The van der Waals surface area contributed by atoms with Gasteiger partial charge in [0.1, 0.15) is 11.9 Å². The fourth-order valence-electron chi connectivity index (χ4n) is 2.52. The second kappa shape index (κ2) is 5.04. The SMILES string of the molecule is CCC1C(=O)NC(=O)CN1c1nc(NC)cn2ccnc12. The van der Waals surface area contributed by atoms with Gasteiger partial charge in [-0.2, -0.15) is 0 Å². The number of carbonyl (C=O) groups excluding carboxylic acids is 2. The zero-order chi connectivity index (χ0) is 15.0. The van der Waals surface area contributed by atoms with Gasteiger partial charge < -0.3 is 14.6 Å². The largest absolute Gasteiger partial charge is 0.372 e. The molecular formula is C13H16N6O2. The van der Waals surface area contributed by atoms with E-state index in [1.165, 1.54) is 0 Å². The Bertz CT molecular complexity index is 710. The van der Waals surface area contributed by atoms with Crippen LogP contribution in [0.4, 0.5) is 11.6 Å². The molecule has 3 rings (SSSR count). The molecule has 1 aliphatic heterocycles. The van der Waals surface area contributed by atoms with Crippen LogP contribution in [0.15, 0.2) is 18.6 Å². The van der Waals surface area contributed by atoms with Crippen LogP contribution in [0.25, 0.3) is 5.65 Å². The number of rotatable bonds is 3. The third-order valence-corrected chi connectivity index (χ3v) is 3.53. The molecule has 0 bridgehead atoms. The van der Waals surface area contributed by atoms with Crippen LogP contribution in [-0.2, 0) is 9.59 Å². The van der Waals surface area contributed by atoms with Gasteiger partial charge in [0.25, 0.3) is 0 Å². The smallest absolute Gasteiger partial charge is 0.249 e. The average Bonchev–Trinajstić information content (AvgIpc) is 2.93. The summed E-state index contributed by atoms with van der Waals surface area (Å²) >= 11 is 0. The topological polar surface area (TPSA) is 91.6 Å². The van der Waals surface area contributed by atoms with Gasteiger partial charge in [0.05, 0.1) is 12.7 Å². The number of anilines is 2. The first-order valence-electron chi connectivity index (χ1n) is 6.75. The maximum Gasteiger partial charge on any atom is 0.249 e. The molecule has 110 valence electrons. The maximum atomic E-state index is 12.0. The molecule has 1 saturated heterocycles. The summed E-state index contributed by atoms with van der Waals surface area (Å²) in [5.41, 5.74) is 0.620. The van der Waals surface area contributed by atoms with E-state index in [4.69, 9.17) is 0 Å². The molecule has 1 atom stereocenters. The molecule has 21 heavy (non-hydrogen) atoms. The normalized spacial score (nSPS) is 19.0. The van der Waals surface area contributed by atoms with Crippen LogP contribution in [0.1, 0.15) is 13.3 Å². The standard InChI is InChI=1S/C13H16N6O2/c1-3-8-13(21)17-10(20)7-19(8)12-11-15-4-5-18(11)6-9(14-2)16-12/h4-6,8,14H,3,7H2,1-2H3,(H,17,20,21). The van der Waals surface area contributed by atoms with Crippen molar-refractivity contribution in [2.24, 2.45) is 0 Å². The number of hydrogen-bond acceptors (Lipinski definition) is 6. The second-order valence-electron chi connectivity index (χ2n) is 4.82. The summed E-state index contributed by atoms with van der Waals surface area (Å²) in [6, 6.07) is -0.428. The molecular weight excluding hydrogens is 272 g/mol. The molecule has 2 amide bonds. The van der Waals surface area contributed by atoms with Gasteiger partial charge in [-0.3, -0.25) is 14.9 Å². The first kappa shape index (κ1) is 13.3. The Kier molecular flexibility index (Phi) is 3.20. The van der Waals surface area contributed by atoms with Crippen LogP contribution < -0.4 is 15.5 Å². The molecule has 2 N–H and O–H groups in total. The van der Waals surface area contributed by atoms with Crippen molar-refractivity contribution in [3.05, 3.63) is 18.6 Å². The van der Waals surface area contributed by atoms with Gasteiger partial charge in [-0.05, 0) is 6.42 Å². The van der Waals surface area contributed by atoms with Crippen molar-refractivity contribution in [2.75, 3.05) is 23.8 Å². The average molecular weight is 288 g/mol.